The van der Waals surface area contributed by atoms with Gasteiger partial charge in [0.05, 0.1) is 0 Å². The lowest BCUT2D eigenvalue weighted by Crippen LogP contribution is -2.40. The summed E-state index contributed by atoms with van der Waals surface area (Å²) in [5, 5.41) is 8.30. The van der Waals surface area contributed by atoms with Crippen LogP contribution in [-0.2, 0) is 18.1 Å². The number of carbonyl (C=O) groups is 1. The van der Waals surface area contributed by atoms with Crippen LogP contribution in [0.4, 0.5) is 0 Å². The molecule has 18 heavy (non-hydrogen) atoms. The first kappa shape index (κ1) is 19.3. The molecule has 0 saturated heterocycles. The summed E-state index contributed by atoms with van der Waals surface area (Å²) in [5.74, 6) is -0.483. The van der Waals surface area contributed by atoms with E-state index in [-0.39, 0.29) is 6.61 Å². The minimum Gasteiger partial charge on any atom is -0.396 e. The molecule has 0 saturated carbocycles. The van der Waals surface area contributed by atoms with E-state index in [4.69, 9.17) is 24.1 Å². The van der Waals surface area contributed by atoms with Crippen molar-refractivity contribution in [3.63, 3.8) is 0 Å². The molecule has 106 valence electrons. The second-order valence-corrected chi connectivity index (χ2v) is 6.06. The summed E-state index contributed by atoms with van der Waals surface area (Å²) in [5.41, 5.74) is 6.81. The van der Waals surface area contributed by atoms with E-state index in [9.17, 15) is 4.79 Å². The molecule has 0 rings (SSSR count). The summed E-state index contributed by atoms with van der Waals surface area (Å²) in [6, 6.07) is 0. The van der Waals surface area contributed by atoms with Crippen molar-refractivity contribution in [2.24, 2.45) is 5.73 Å². The highest BCUT2D eigenvalue weighted by Gasteiger charge is 2.33. The highest BCUT2D eigenvalue weighted by atomic mass is 28.4. The average Bonchev–Trinajstić information content (AvgIpc) is 2.40. The van der Waals surface area contributed by atoms with Crippen LogP contribution in [-0.4, -0.2) is 47.8 Å². The molecule has 0 aliphatic carbocycles. The number of aliphatic hydroxyl groups excluding tert-OH is 1. The van der Waals surface area contributed by atoms with Crippen molar-refractivity contribution in [2.75, 3.05) is 27.9 Å². The number of aliphatic hydroxyl groups is 1. The Kier molecular flexibility index (Phi) is 12.0. The predicted molar refractivity (Wildman–Crippen MR) is 71.6 cm³/mol. The largest absolute Gasteiger partial charge is 0.528 e. The van der Waals surface area contributed by atoms with Gasteiger partial charge in [-0.2, -0.15) is 0 Å². The maximum Gasteiger partial charge on any atom is 0.528 e. The molecule has 1 amide bonds. The average molecular weight is 277 g/mol. The molecule has 3 N–H and O–H groups in total. The maximum atomic E-state index is 10.2. The zero-order valence-corrected chi connectivity index (χ0v) is 12.3. The van der Waals surface area contributed by atoms with Gasteiger partial charge in [0.2, 0.25) is 5.91 Å². The third-order valence-corrected chi connectivity index (χ3v) is 4.30. The van der Waals surface area contributed by atoms with E-state index in [0.717, 1.165) is 0 Å². The highest BCUT2D eigenvalue weighted by Crippen LogP contribution is 2.05. The lowest BCUT2D eigenvalue weighted by molar-refractivity contribution is -0.114. The maximum absolute atomic E-state index is 10.2. The van der Waals surface area contributed by atoms with Crippen LogP contribution in [0.3, 0.4) is 0 Å². The number of hydrogen-bond donors (Lipinski definition) is 2. The summed E-state index contributed by atoms with van der Waals surface area (Å²) in [7, 11) is 2.20. The highest BCUT2D eigenvalue weighted by molar-refractivity contribution is 6.66. The topological polar surface area (TPSA) is 91.0 Å². The van der Waals surface area contributed by atoms with Crippen LogP contribution >= 0.6 is 0 Å². The predicted octanol–water partition coefficient (Wildman–Crippen LogP) is 0.390. The van der Waals surface area contributed by atoms with Gasteiger partial charge >= 0.3 is 8.80 Å². The SMILES string of the molecule is C=C(CCCO)C(N)=O.C=C[Si](OC)(OC)OC. The molecular formula is C11H23NO5Si. The van der Waals surface area contributed by atoms with Gasteiger partial charge in [-0.25, -0.2) is 0 Å². The van der Waals surface area contributed by atoms with Crippen molar-refractivity contribution in [3.05, 3.63) is 24.4 Å². The Hall–Kier alpha value is -0.993. The molecule has 0 bridgehead atoms. The first-order valence-corrected chi connectivity index (χ1v) is 7.10. The Morgan fingerprint density at radius 1 is 1.33 bits per heavy atom. The number of carbonyl (C=O) groups excluding carboxylic acids is 1. The fourth-order valence-electron chi connectivity index (χ4n) is 0.916. The molecule has 0 unspecified atom stereocenters. The van der Waals surface area contributed by atoms with Crippen molar-refractivity contribution < 1.29 is 23.2 Å². The minimum absolute atomic E-state index is 0.0757. The Morgan fingerprint density at radius 3 is 1.94 bits per heavy atom. The third-order valence-electron chi connectivity index (χ3n) is 2.09. The summed E-state index contributed by atoms with van der Waals surface area (Å²) in [6.45, 7) is 7.01. The van der Waals surface area contributed by atoms with E-state index >= 15 is 0 Å². The van der Waals surface area contributed by atoms with Gasteiger partial charge in [-0.15, -0.1) is 0 Å². The first-order chi connectivity index (χ1) is 8.42. The lowest BCUT2D eigenvalue weighted by atomic mass is 10.2. The molecule has 0 radical (unpaired) electrons. The molecule has 0 aromatic rings. The van der Waals surface area contributed by atoms with Crippen molar-refractivity contribution >= 4 is 14.7 Å². The molecule has 6 nitrogen and oxygen atoms in total. The number of hydrogen-bond acceptors (Lipinski definition) is 5. The molecule has 0 fully saturated rings. The van der Waals surface area contributed by atoms with Crippen LogP contribution < -0.4 is 5.73 Å². The summed E-state index contributed by atoms with van der Waals surface area (Å²) < 4.78 is 14.9. The zero-order chi connectivity index (χ0) is 14.6. The van der Waals surface area contributed by atoms with Crippen molar-refractivity contribution in [2.45, 2.75) is 12.8 Å². The Balaban J connectivity index is 0. The monoisotopic (exact) mass is 277 g/mol. The van der Waals surface area contributed by atoms with Crippen LogP contribution in [0.2, 0.25) is 0 Å². The van der Waals surface area contributed by atoms with Gasteiger partial charge in [0.15, 0.2) is 0 Å². The van der Waals surface area contributed by atoms with Crippen LogP contribution in [0.15, 0.2) is 24.4 Å². The Bertz CT molecular complexity index is 258. The van der Waals surface area contributed by atoms with Gasteiger partial charge < -0.3 is 24.1 Å². The van der Waals surface area contributed by atoms with E-state index in [0.29, 0.717) is 18.4 Å². The Morgan fingerprint density at radius 2 is 1.78 bits per heavy atom. The fourth-order valence-corrected chi connectivity index (χ4v) is 1.92. The Labute approximate surface area is 109 Å². The normalized spacial score (nSPS) is 10.2. The minimum atomic E-state index is -2.43. The second-order valence-electron chi connectivity index (χ2n) is 3.22. The zero-order valence-electron chi connectivity index (χ0n) is 11.3. The molecule has 0 heterocycles. The van der Waals surface area contributed by atoms with Crippen LogP contribution in [0.25, 0.3) is 0 Å². The number of rotatable bonds is 8. The first-order valence-electron chi connectivity index (χ1n) is 5.30. The summed E-state index contributed by atoms with van der Waals surface area (Å²) >= 11 is 0. The fraction of sp³-hybridized carbons (Fsp3) is 0.545. The van der Waals surface area contributed by atoms with Gasteiger partial charge in [-0.3, -0.25) is 4.79 Å². The van der Waals surface area contributed by atoms with E-state index in [1.54, 1.807) is 27.0 Å². The number of primary amides is 1. The molecule has 0 spiro atoms. The molecule has 0 aromatic carbocycles. The number of nitrogens with two attached hydrogens (primary N) is 1. The van der Waals surface area contributed by atoms with Gasteiger partial charge in [-0.05, 0) is 18.5 Å². The van der Waals surface area contributed by atoms with Gasteiger partial charge in [-0.1, -0.05) is 13.2 Å². The van der Waals surface area contributed by atoms with Crippen molar-refractivity contribution in [1.29, 1.82) is 0 Å². The summed E-state index contributed by atoms with van der Waals surface area (Å²) in [6.07, 6.45) is 1.05. The van der Waals surface area contributed by atoms with Crippen LogP contribution in [0.5, 0.6) is 0 Å². The van der Waals surface area contributed by atoms with E-state index in [1.807, 2.05) is 0 Å². The third kappa shape index (κ3) is 8.15. The molecule has 0 aliphatic heterocycles. The molecular weight excluding hydrogens is 254 g/mol. The van der Waals surface area contributed by atoms with Crippen LogP contribution in [0, 0.1) is 0 Å². The molecule has 0 aromatic heterocycles. The van der Waals surface area contributed by atoms with E-state index in [1.165, 1.54) is 0 Å². The standard InChI is InChI=1S/C6H11NO2.C5H12O3Si/c1-5(6(7)9)3-2-4-8;1-5-9(6-2,7-3)8-4/h8H,1-4H2,(H2,7,9);5H,1H2,2-4H3. The molecule has 7 heteroatoms. The van der Waals surface area contributed by atoms with Crippen molar-refractivity contribution in [1.82, 2.24) is 0 Å². The van der Waals surface area contributed by atoms with Gasteiger partial charge in [0.1, 0.15) is 0 Å². The van der Waals surface area contributed by atoms with Gasteiger partial charge in [0, 0.05) is 33.5 Å². The molecule has 0 atom stereocenters. The molecule has 0 aliphatic rings. The second kappa shape index (κ2) is 11.1. The lowest BCUT2D eigenvalue weighted by Gasteiger charge is -2.19. The smallest absolute Gasteiger partial charge is 0.396 e. The van der Waals surface area contributed by atoms with E-state index < -0.39 is 14.7 Å². The van der Waals surface area contributed by atoms with Crippen LogP contribution in [0.1, 0.15) is 12.8 Å². The van der Waals surface area contributed by atoms with Crippen molar-refractivity contribution in [3.8, 4) is 0 Å². The van der Waals surface area contributed by atoms with E-state index in [2.05, 4.69) is 13.2 Å². The van der Waals surface area contributed by atoms with Gasteiger partial charge in [0.25, 0.3) is 0 Å². The quantitative estimate of drug-likeness (QED) is 0.495. The number of amides is 1. The summed E-state index contributed by atoms with van der Waals surface area (Å²) in [4.78, 5) is 10.2.